The number of carbonyl (C=O) groups is 1. The van der Waals surface area contributed by atoms with E-state index in [1.54, 1.807) is 0 Å². The van der Waals surface area contributed by atoms with E-state index in [1.165, 1.54) is 24.3 Å². The van der Waals surface area contributed by atoms with Gasteiger partial charge in [0, 0.05) is 6.07 Å². The van der Waals surface area contributed by atoms with Gasteiger partial charge in [-0.25, -0.2) is 10.1 Å². The zero-order valence-electron chi connectivity index (χ0n) is 8.98. The summed E-state index contributed by atoms with van der Waals surface area (Å²) in [4.78, 5) is 26.4. The lowest BCUT2D eigenvalue weighted by molar-refractivity contribution is 0.102. The second kappa shape index (κ2) is 4.84. The first-order chi connectivity index (χ1) is 8.56. The van der Waals surface area contributed by atoms with Crippen molar-refractivity contribution in [2.75, 3.05) is 11.1 Å². The molecule has 2 heterocycles. The zero-order chi connectivity index (χ0) is 13.1. The van der Waals surface area contributed by atoms with Gasteiger partial charge in [0.1, 0.15) is 11.5 Å². The van der Waals surface area contributed by atoms with Crippen molar-refractivity contribution < 1.29 is 4.79 Å². The lowest BCUT2D eigenvalue weighted by Gasteiger charge is -2.05. The Morgan fingerprint density at radius 1 is 1.33 bits per heavy atom. The molecule has 4 N–H and O–H groups in total. The average Bonchev–Trinajstić information content (AvgIpc) is 2.35. The van der Waals surface area contributed by atoms with Crippen molar-refractivity contribution in [2.24, 2.45) is 0 Å². The number of halogens is 1. The van der Waals surface area contributed by atoms with Crippen LogP contribution in [0, 0.1) is 0 Å². The van der Waals surface area contributed by atoms with Crippen LogP contribution in [0.5, 0.6) is 0 Å². The maximum Gasteiger partial charge on any atom is 0.277 e. The van der Waals surface area contributed by atoms with Crippen molar-refractivity contribution in [3.63, 3.8) is 0 Å². The van der Waals surface area contributed by atoms with Gasteiger partial charge < -0.3 is 11.1 Å². The molecule has 0 aliphatic rings. The fourth-order valence-corrected chi connectivity index (χ4v) is 1.40. The number of nitrogen functional groups attached to an aromatic ring is 1. The second-order valence-electron chi connectivity index (χ2n) is 3.33. The highest BCUT2D eigenvalue weighted by Gasteiger charge is 2.13. The molecule has 1 amide bonds. The van der Waals surface area contributed by atoms with E-state index in [4.69, 9.17) is 17.3 Å². The van der Waals surface area contributed by atoms with Gasteiger partial charge in [0.2, 0.25) is 0 Å². The van der Waals surface area contributed by atoms with Crippen molar-refractivity contribution >= 4 is 29.1 Å². The largest absolute Gasteiger partial charge is 0.384 e. The third-order valence-corrected chi connectivity index (χ3v) is 2.31. The summed E-state index contributed by atoms with van der Waals surface area (Å²) in [5, 5.41) is 8.41. The molecule has 18 heavy (non-hydrogen) atoms. The molecule has 0 atom stereocenters. The fraction of sp³-hybridized carbons (Fsp3) is 0. The minimum Gasteiger partial charge on any atom is -0.384 e. The number of carbonyl (C=O) groups excluding carboxylic acids is 1. The number of hydrogen-bond donors (Lipinski definition) is 3. The maximum atomic E-state index is 11.8. The van der Waals surface area contributed by atoms with Gasteiger partial charge in [0.05, 0.1) is 5.02 Å². The van der Waals surface area contributed by atoms with Gasteiger partial charge in [0.25, 0.3) is 11.5 Å². The van der Waals surface area contributed by atoms with E-state index in [1.807, 2.05) is 0 Å². The molecule has 0 spiro atoms. The smallest absolute Gasteiger partial charge is 0.277 e. The molecule has 8 heteroatoms. The van der Waals surface area contributed by atoms with Crippen LogP contribution in [0.25, 0.3) is 0 Å². The molecule has 0 aliphatic carbocycles. The molecule has 7 nitrogen and oxygen atoms in total. The summed E-state index contributed by atoms with van der Waals surface area (Å²) in [5.74, 6) is -0.203. The van der Waals surface area contributed by atoms with Gasteiger partial charge in [-0.05, 0) is 18.2 Å². The van der Waals surface area contributed by atoms with Crippen molar-refractivity contribution in [1.82, 2.24) is 15.2 Å². The van der Waals surface area contributed by atoms with E-state index in [0.29, 0.717) is 0 Å². The third-order valence-electron chi connectivity index (χ3n) is 2.00. The summed E-state index contributed by atoms with van der Waals surface area (Å²) in [6, 6.07) is 5.55. The normalized spacial score (nSPS) is 10.1. The summed E-state index contributed by atoms with van der Waals surface area (Å²) < 4.78 is 0. The number of rotatable bonds is 2. The lowest BCUT2D eigenvalue weighted by atomic mass is 10.3. The van der Waals surface area contributed by atoms with E-state index in [2.05, 4.69) is 20.5 Å². The van der Waals surface area contributed by atoms with Gasteiger partial charge >= 0.3 is 0 Å². The van der Waals surface area contributed by atoms with Crippen LogP contribution >= 0.6 is 11.6 Å². The van der Waals surface area contributed by atoms with Crippen molar-refractivity contribution in [3.8, 4) is 0 Å². The Labute approximate surface area is 106 Å². The highest BCUT2D eigenvalue weighted by Crippen LogP contribution is 2.16. The molecule has 2 aromatic rings. The molecule has 0 saturated heterocycles. The van der Waals surface area contributed by atoms with Crippen LogP contribution in [0.2, 0.25) is 5.02 Å². The number of H-pyrrole nitrogens is 1. The van der Waals surface area contributed by atoms with Crippen LogP contribution in [-0.2, 0) is 0 Å². The summed E-state index contributed by atoms with van der Waals surface area (Å²) in [7, 11) is 0. The molecule has 0 fully saturated rings. The standard InChI is InChI=1S/C10H8ClN5O2/c11-5-1-2-6(12)13-9(5)10(18)14-7-3-4-8(17)16-15-7/h1-4H,(H2,12,13)(H,16,17)(H,14,15,18). The SMILES string of the molecule is Nc1ccc(Cl)c(C(=O)Nc2ccc(=O)[nH]n2)n1. The minimum atomic E-state index is -0.563. The number of aromatic nitrogens is 3. The molecular weight excluding hydrogens is 258 g/mol. The number of hydrogen-bond acceptors (Lipinski definition) is 5. The van der Waals surface area contributed by atoms with Crippen LogP contribution in [0.15, 0.2) is 29.1 Å². The zero-order valence-corrected chi connectivity index (χ0v) is 9.73. The van der Waals surface area contributed by atoms with Crippen molar-refractivity contribution in [1.29, 1.82) is 0 Å². The Morgan fingerprint density at radius 2 is 2.11 bits per heavy atom. The molecule has 2 aromatic heterocycles. The maximum absolute atomic E-state index is 11.8. The highest BCUT2D eigenvalue weighted by molar-refractivity contribution is 6.34. The molecular formula is C10H8ClN5O2. The minimum absolute atomic E-state index is 0.00957. The Morgan fingerprint density at radius 3 is 2.78 bits per heavy atom. The number of anilines is 2. The molecule has 2 rings (SSSR count). The first-order valence-electron chi connectivity index (χ1n) is 4.85. The molecule has 0 bridgehead atoms. The van der Waals surface area contributed by atoms with Crippen molar-refractivity contribution in [3.05, 3.63) is 45.3 Å². The van der Waals surface area contributed by atoms with Crippen LogP contribution in [0.3, 0.4) is 0 Å². The van der Waals surface area contributed by atoms with Gasteiger partial charge in [-0.1, -0.05) is 11.6 Å². The van der Waals surface area contributed by atoms with Crippen LogP contribution in [0.4, 0.5) is 11.6 Å². The van der Waals surface area contributed by atoms with Crippen LogP contribution in [0.1, 0.15) is 10.5 Å². The summed E-state index contributed by atoms with van der Waals surface area (Å²) >= 11 is 5.83. The van der Waals surface area contributed by atoms with E-state index >= 15 is 0 Å². The number of pyridine rings is 1. The molecule has 0 saturated carbocycles. The van der Waals surface area contributed by atoms with Gasteiger partial charge in [-0.2, -0.15) is 5.10 Å². The van der Waals surface area contributed by atoms with Gasteiger partial charge in [-0.15, -0.1) is 0 Å². The van der Waals surface area contributed by atoms with Crippen LogP contribution in [-0.4, -0.2) is 21.1 Å². The number of nitrogens with zero attached hydrogens (tertiary/aromatic N) is 2. The molecule has 0 aliphatic heterocycles. The predicted molar refractivity (Wildman–Crippen MR) is 66.5 cm³/mol. The molecule has 0 aromatic carbocycles. The number of amides is 1. The summed E-state index contributed by atoms with van der Waals surface area (Å²) in [6.07, 6.45) is 0. The Bertz CT molecular complexity index is 634. The first-order valence-corrected chi connectivity index (χ1v) is 5.23. The number of nitrogens with one attached hydrogen (secondary N) is 2. The van der Waals surface area contributed by atoms with Crippen LogP contribution < -0.4 is 16.6 Å². The third kappa shape index (κ3) is 2.64. The number of nitrogens with two attached hydrogens (primary N) is 1. The topological polar surface area (TPSA) is 114 Å². The molecule has 0 radical (unpaired) electrons. The predicted octanol–water partition coefficient (Wildman–Crippen LogP) is 0.653. The Hall–Kier alpha value is -2.41. The van der Waals surface area contributed by atoms with E-state index in [0.717, 1.165) is 0 Å². The Kier molecular flexibility index (Phi) is 3.24. The molecule has 92 valence electrons. The second-order valence-corrected chi connectivity index (χ2v) is 3.73. The van der Waals surface area contributed by atoms with E-state index < -0.39 is 5.91 Å². The first kappa shape index (κ1) is 12.1. The Balaban J connectivity index is 2.24. The van der Waals surface area contributed by atoms with Gasteiger partial charge in [0.15, 0.2) is 5.82 Å². The number of aromatic amines is 1. The monoisotopic (exact) mass is 265 g/mol. The summed E-state index contributed by atoms with van der Waals surface area (Å²) in [5.41, 5.74) is 5.09. The average molecular weight is 266 g/mol. The molecule has 0 unspecified atom stereocenters. The lowest BCUT2D eigenvalue weighted by Crippen LogP contribution is -2.17. The highest BCUT2D eigenvalue weighted by atomic mass is 35.5. The van der Waals surface area contributed by atoms with E-state index in [-0.39, 0.29) is 27.9 Å². The van der Waals surface area contributed by atoms with E-state index in [9.17, 15) is 9.59 Å². The quantitative estimate of drug-likeness (QED) is 0.738. The van der Waals surface area contributed by atoms with Crippen molar-refractivity contribution in [2.45, 2.75) is 0 Å². The van der Waals surface area contributed by atoms with Gasteiger partial charge in [-0.3, -0.25) is 9.59 Å². The fourth-order valence-electron chi connectivity index (χ4n) is 1.21. The summed E-state index contributed by atoms with van der Waals surface area (Å²) in [6.45, 7) is 0.